The van der Waals surface area contributed by atoms with E-state index >= 15 is 0 Å². The average Bonchev–Trinajstić information content (AvgIpc) is 2.94. The van der Waals surface area contributed by atoms with Gasteiger partial charge >= 0.3 is 0 Å². The molecule has 3 rings (SSSR count). The highest BCUT2D eigenvalue weighted by atomic mass is 79.9. The minimum Gasteiger partial charge on any atom is -0.497 e. The molecule has 7 heteroatoms. The monoisotopic (exact) mass is 335 g/mol. The van der Waals surface area contributed by atoms with Crippen LogP contribution in [0, 0.1) is 0 Å². The van der Waals surface area contributed by atoms with Crippen LogP contribution in [-0.2, 0) is 0 Å². The van der Waals surface area contributed by atoms with Crippen molar-refractivity contribution in [2.24, 2.45) is 0 Å². The van der Waals surface area contributed by atoms with Crippen LogP contribution in [0.5, 0.6) is 17.2 Å². The fourth-order valence-electron chi connectivity index (χ4n) is 1.76. The van der Waals surface area contributed by atoms with Gasteiger partial charge in [-0.25, -0.2) is 4.63 Å². The first-order chi connectivity index (χ1) is 9.69. The van der Waals surface area contributed by atoms with Crippen molar-refractivity contribution in [2.75, 3.05) is 12.8 Å². The zero-order valence-corrected chi connectivity index (χ0v) is 12.0. The van der Waals surface area contributed by atoms with Gasteiger partial charge in [-0.3, -0.25) is 0 Å². The molecule has 0 saturated carbocycles. The molecule has 0 aliphatic carbocycles. The topological polar surface area (TPSA) is 83.4 Å². The minimum atomic E-state index is 0.479. The number of anilines is 1. The van der Waals surface area contributed by atoms with E-state index in [0.29, 0.717) is 28.2 Å². The van der Waals surface area contributed by atoms with E-state index in [2.05, 4.69) is 26.2 Å². The van der Waals surface area contributed by atoms with E-state index in [4.69, 9.17) is 19.8 Å². The number of nitrogens with zero attached hydrogens (tertiary/aromatic N) is 2. The Morgan fingerprint density at radius 3 is 2.60 bits per heavy atom. The Labute approximate surface area is 122 Å². The second-order valence-electron chi connectivity index (χ2n) is 4.01. The summed E-state index contributed by atoms with van der Waals surface area (Å²) in [6.07, 6.45) is 0. The first-order valence-electron chi connectivity index (χ1n) is 5.71. The van der Waals surface area contributed by atoms with Crippen molar-refractivity contribution in [3.05, 3.63) is 34.8 Å². The first-order valence-corrected chi connectivity index (χ1v) is 6.50. The maximum Gasteiger partial charge on any atom is 0.179 e. The lowest BCUT2D eigenvalue weighted by Gasteiger charge is -2.09. The molecule has 0 fully saturated rings. The van der Waals surface area contributed by atoms with E-state index < -0.39 is 0 Å². The van der Waals surface area contributed by atoms with Gasteiger partial charge in [0.15, 0.2) is 16.8 Å². The van der Waals surface area contributed by atoms with E-state index in [-0.39, 0.29) is 0 Å². The van der Waals surface area contributed by atoms with Gasteiger partial charge in [0.05, 0.1) is 17.3 Å². The van der Waals surface area contributed by atoms with Crippen LogP contribution in [0.25, 0.3) is 11.0 Å². The number of hydrogen-bond donors (Lipinski definition) is 1. The van der Waals surface area contributed by atoms with Crippen LogP contribution in [0.15, 0.2) is 39.4 Å². The molecule has 20 heavy (non-hydrogen) atoms. The van der Waals surface area contributed by atoms with Crippen molar-refractivity contribution in [1.82, 2.24) is 10.3 Å². The molecule has 0 atom stereocenters. The predicted octanol–water partition coefficient (Wildman–Crippen LogP) is 3.37. The van der Waals surface area contributed by atoms with E-state index in [1.54, 1.807) is 31.4 Å². The molecule has 0 radical (unpaired) electrons. The number of nitrogen functional groups attached to an aromatic ring is 1. The fraction of sp³-hybridized carbons (Fsp3) is 0.0769. The zero-order valence-electron chi connectivity index (χ0n) is 10.5. The largest absolute Gasteiger partial charge is 0.497 e. The Balaban J connectivity index is 2.01. The molecule has 6 nitrogen and oxygen atoms in total. The van der Waals surface area contributed by atoms with Gasteiger partial charge in [0.2, 0.25) is 0 Å². The number of aromatic nitrogens is 2. The van der Waals surface area contributed by atoms with Crippen LogP contribution in [-0.4, -0.2) is 17.4 Å². The lowest BCUT2D eigenvalue weighted by atomic mass is 10.2. The minimum absolute atomic E-state index is 0.479. The molecule has 3 aromatic rings. The van der Waals surface area contributed by atoms with Crippen LogP contribution in [0.1, 0.15) is 0 Å². The van der Waals surface area contributed by atoms with E-state index in [9.17, 15) is 0 Å². The van der Waals surface area contributed by atoms with Crippen molar-refractivity contribution in [1.29, 1.82) is 0 Å². The smallest absolute Gasteiger partial charge is 0.179 e. The third-order valence-corrected chi connectivity index (χ3v) is 3.39. The maximum atomic E-state index is 5.81. The van der Waals surface area contributed by atoms with E-state index in [1.165, 1.54) is 0 Å². The van der Waals surface area contributed by atoms with Gasteiger partial charge in [-0.05, 0) is 56.6 Å². The zero-order chi connectivity index (χ0) is 14.1. The lowest BCUT2D eigenvalue weighted by molar-refractivity contribution is 0.314. The van der Waals surface area contributed by atoms with Crippen molar-refractivity contribution in [3.8, 4) is 17.2 Å². The quantitative estimate of drug-likeness (QED) is 0.739. The highest BCUT2D eigenvalue weighted by Gasteiger charge is 2.13. The summed E-state index contributed by atoms with van der Waals surface area (Å²) < 4.78 is 16.4. The average molecular weight is 336 g/mol. The molecule has 0 bridgehead atoms. The molecule has 1 heterocycles. The number of benzene rings is 2. The Morgan fingerprint density at radius 2 is 1.85 bits per heavy atom. The highest BCUT2D eigenvalue weighted by molar-refractivity contribution is 9.10. The van der Waals surface area contributed by atoms with Crippen LogP contribution >= 0.6 is 15.9 Å². The molecule has 102 valence electrons. The van der Waals surface area contributed by atoms with E-state index in [0.717, 1.165) is 10.2 Å². The summed E-state index contributed by atoms with van der Waals surface area (Å²) >= 11 is 3.43. The van der Waals surface area contributed by atoms with Gasteiger partial charge in [-0.1, -0.05) is 0 Å². The number of ether oxygens (including phenoxy) is 2. The number of hydrogen-bond acceptors (Lipinski definition) is 6. The van der Waals surface area contributed by atoms with Crippen molar-refractivity contribution < 1.29 is 14.1 Å². The first kappa shape index (κ1) is 12.7. The van der Waals surface area contributed by atoms with Gasteiger partial charge in [-0.15, -0.1) is 0 Å². The number of halogens is 1. The molecule has 0 unspecified atom stereocenters. The molecular formula is C13H10BrN3O3. The summed E-state index contributed by atoms with van der Waals surface area (Å²) in [6, 6.07) is 8.82. The molecule has 0 amide bonds. The van der Waals surface area contributed by atoms with Gasteiger partial charge in [0, 0.05) is 0 Å². The lowest BCUT2D eigenvalue weighted by Crippen LogP contribution is -1.91. The molecule has 1 aromatic heterocycles. The van der Waals surface area contributed by atoms with Crippen molar-refractivity contribution >= 4 is 32.7 Å². The third kappa shape index (κ3) is 2.16. The van der Waals surface area contributed by atoms with E-state index in [1.807, 2.05) is 6.07 Å². The summed E-state index contributed by atoms with van der Waals surface area (Å²) in [4.78, 5) is 0. The second kappa shape index (κ2) is 5.01. The summed E-state index contributed by atoms with van der Waals surface area (Å²) in [5, 5.41) is 7.56. The molecule has 2 N–H and O–H groups in total. The van der Waals surface area contributed by atoms with Crippen LogP contribution in [0.4, 0.5) is 5.69 Å². The molecule has 2 aromatic carbocycles. The molecule has 0 aliphatic rings. The summed E-state index contributed by atoms with van der Waals surface area (Å²) in [6.45, 7) is 0. The summed E-state index contributed by atoms with van der Waals surface area (Å²) in [5.41, 5.74) is 7.23. The fourth-order valence-corrected chi connectivity index (χ4v) is 2.19. The van der Waals surface area contributed by atoms with Crippen LogP contribution in [0.2, 0.25) is 0 Å². The molecule has 0 spiro atoms. The van der Waals surface area contributed by atoms with Crippen molar-refractivity contribution in [2.45, 2.75) is 0 Å². The molecule has 0 aliphatic heterocycles. The second-order valence-corrected chi connectivity index (χ2v) is 4.87. The van der Waals surface area contributed by atoms with Gasteiger partial charge in [0.1, 0.15) is 11.5 Å². The normalized spacial score (nSPS) is 10.7. The number of methoxy groups -OCH3 is 1. The van der Waals surface area contributed by atoms with Gasteiger partial charge in [0.25, 0.3) is 0 Å². The maximum absolute atomic E-state index is 5.81. The summed E-state index contributed by atoms with van der Waals surface area (Å²) in [5.74, 6) is 1.87. The third-order valence-electron chi connectivity index (χ3n) is 2.77. The summed E-state index contributed by atoms with van der Waals surface area (Å²) in [7, 11) is 1.60. The number of rotatable bonds is 3. The Kier molecular flexibility index (Phi) is 3.19. The predicted molar refractivity (Wildman–Crippen MR) is 77.0 cm³/mol. The highest BCUT2D eigenvalue weighted by Crippen LogP contribution is 2.36. The Hall–Kier alpha value is -2.28. The van der Waals surface area contributed by atoms with Crippen LogP contribution in [0.3, 0.4) is 0 Å². The molecular weight excluding hydrogens is 326 g/mol. The standard InChI is InChI=1S/C13H10BrN3O3/c1-18-7-2-4-10(8(14)6-7)19-11-5-3-9(15)12-13(11)17-20-16-12/h2-6H,15H2,1H3. The van der Waals surface area contributed by atoms with Gasteiger partial charge in [-0.2, -0.15) is 0 Å². The van der Waals surface area contributed by atoms with Crippen LogP contribution < -0.4 is 15.2 Å². The Bertz CT molecular complexity index is 773. The van der Waals surface area contributed by atoms with Crippen molar-refractivity contribution in [3.63, 3.8) is 0 Å². The number of fused-ring (bicyclic) bond motifs is 1. The molecule has 0 saturated heterocycles. The van der Waals surface area contributed by atoms with Gasteiger partial charge < -0.3 is 15.2 Å². The Morgan fingerprint density at radius 1 is 1.10 bits per heavy atom. The SMILES string of the molecule is COc1ccc(Oc2ccc(N)c3nonc23)c(Br)c1. The number of nitrogens with two attached hydrogens (primary N) is 1.